The second kappa shape index (κ2) is 8.39. The van der Waals surface area contributed by atoms with Crippen LogP contribution in [0.25, 0.3) is 10.9 Å². The molecule has 26 heavy (non-hydrogen) atoms. The average molecular weight is 379 g/mol. The summed E-state index contributed by atoms with van der Waals surface area (Å²) in [4.78, 5) is 21.9. The van der Waals surface area contributed by atoms with Crippen LogP contribution < -0.4 is 0 Å². The number of aromatic amines is 1. The van der Waals surface area contributed by atoms with Crippen molar-refractivity contribution >= 4 is 28.5 Å². The largest absolute Gasteiger partial charge is 0.480 e. The highest BCUT2D eigenvalue weighted by atomic mass is 35.5. The first-order valence-electron chi connectivity index (χ1n) is 9.06. The fourth-order valence-corrected chi connectivity index (χ4v) is 3.85. The van der Waals surface area contributed by atoms with E-state index in [0.29, 0.717) is 5.02 Å². The summed E-state index contributed by atoms with van der Waals surface area (Å²) >= 11 is 6.12. The Morgan fingerprint density at radius 1 is 1.31 bits per heavy atom. The van der Waals surface area contributed by atoms with E-state index >= 15 is 0 Å². The lowest BCUT2D eigenvalue weighted by atomic mass is 10.0. The predicted molar refractivity (Wildman–Crippen MR) is 105 cm³/mol. The first-order chi connectivity index (χ1) is 12.5. The molecule has 142 valence electrons. The molecule has 2 N–H and O–H groups in total. The van der Waals surface area contributed by atoms with E-state index in [1.54, 1.807) is 0 Å². The van der Waals surface area contributed by atoms with Gasteiger partial charge in [-0.25, -0.2) is 0 Å². The van der Waals surface area contributed by atoms with Crippen molar-refractivity contribution in [1.82, 2.24) is 19.7 Å². The molecule has 0 amide bonds. The van der Waals surface area contributed by atoms with Gasteiger partial charge in [0.15, 0.2) is 0 Å². The average Bonchev–Trinajstić information content (AvgIpc) is 2.99. The highest BCUT2D eigenvalue weighted by Crippen LogP contribution is 2.31. The van der Waals surface area contributed by atoms with E-state index in [-0.39, 0.29) is 0 Å². The molecule has 1 unspecified atom stereocenters. The maximum Gasteiger partial charge on any atom is 0.325 e. The third-order valence-corrected chi connectivity index (χ3v) is 5.29. The molecule has 1 aromatic carbocycles. The van der Waals surface area contributed by atoms with Crippen molar-refractivity contribution in [3.8, 4) is 0 Å². The molecule has 1 atom stereocenters. The number of H-pyrrole nitrogens is 1. The van der Waals surface area contributed by atoms with Gasteiger partial charge in [-0.15, -0.1) is 0 Å². The van der Waals surface area contributed by atoms with Gasteiger partial charge in [-0.05, 0) is 51.8 Å². The summed E-state index contributed by atoms with van der Waals surface area (Å²) in [6, 6.07) is 4.90. The second-order valence-electron chi connectivity index (χ2n) is 7.21. The lowest BCUT2D eigenvalue weighted by Gasteiger charge is -2.37. The summed E-state index contributed by atoms with van der Waals surface area (Å²) in [5.41, 5.74) is 1.70. The van der Waals surface area contributed by atoms with Gasteiger partial charge in [0.05, 0.1) is 0 Å². The normalized spacial score (nSPS) is 17.8. The number of carboxylic acid groups (broad SMARTS) is 1. The van der Waals surface area contributed by atoms with Crippen LogP contribution in [0.1, 0.15) is 18.0 Å². The molecule has 1 aliphatic rings. The molecule has 1 fully saturated rings. The van der Waals surface area contributed by atoms with Gasteiger partial charge in [0.2, 0.25) is 0 Å². The van der Waals surface area contributed by atoms with Crippen molar-refractivity contribution in [3.05, 3.63) is 35.0 Å². The molecular formula is C19H27ClN4O2. The van der Waals surface area contributed by atoms with Gasteiger partial charge in [0.25, 0.3) is 0 Å². The quantitative estimate of drug-likeness (QED) is 0.775. The molecule has 1 saturated heterocycles. The molecule has 0 spiro atoms. The Balaban J connectivity index is 1.69. The molecule has 3 rings (SSSR count). The highest BCUT2D eigenvalue weighted by molar-refractivity contribution is 6.31. The summed E-state index contributed by atoms with van der Waals surface area (Å²) < 4.78 is 0. The minimum atomic E-state index is -0.813. The van der Waals surface area contributed by atoms with Gasteiger partial charge >= 0.3 is 5.97 Å². The number of nitrogens with zero attached hydrogens (tertiary/aromatic N) is 3. The zero-order chi connectivity index (χ0) is 18.7. The number of aliphatic carboxylic acids is 1. The maximum absolute atomic E-state index is 12.0. The van der Waals surface area contributed by atoms with Gasteiger partial charge in [-0.3, -0.25) is 9.69 Å². The van der Waals surface area contributed by atoms with E-state index in [0.717, 1.165) is 62.2 Å². The maximum atomic E-state index is 12.0. The summed E-state index contributed by atoms with van der Waals surface area (Å²) in [5, 5.41) is 11.4. The molecule has 1 aliphatic heterocycles. The minimum Gasteiger partial charge on any atom is -0.480 e. The fourth-order valence-electron chi connectivity index (χ4n) is 3.68. The molecule has 6 nitrogen and oxygen atoms in total. The third kappa shape index (κ3) is 4.38. The summed E-state index contributed by atoms with van der Waals surface area (Å²) in [6.45, 7) is 5.46. The summed E-state index contributed by atoms with van der Waals surface area (Å²) in [6.07, 6.45) is 2.94. The van der Waals surface area contributed by atoms with Crippen LogP contribution in [0.4, 0.5) is 0 Å². The first-order valence-corrected chi connectivity index (χ1v) is 9.44. The Morgan fingerprint density at radius 3 is 2.69 bits per heavy atom. The number of carbonyl (C=O) groups is 1. The van der Waals surface area contributed by atoms with Gasteiger partial charge in [0, 0.05) is 53.9 Å². The van der Waals surface area contributed by atoms with Crippen LogP contribution in [-0.4, -0.2) is 84.1 Å². The van der Waals surface area contributed by atoms with Crippen molar-refractivity contribution in [2.75, 3.05) is 53.4 Å². The monoisotopic (exact) mass is 378 g/mol. The van der Waals surface area contributed by atoms with Crippen LogP contribution in [0.5, 0.6) is 0 Å². The SMILES string of the molecule is CN(C)CCCN1CCN(C(C(=O)O)c2c[nH]c3ccc(Cl)cc23)CC1. The van der Waals surface area contributed by atoms with Gasteiger partial charge < -0.3 is 19.9 Å². The standard InChI is InChI=1S/C19H27ClN4O2/c1-22(2)6-3-7-23-8-10-24(11-9-23)18(19(25)26)16-13-21-17-5-4-14(20)12-15(16)17/h4-5,12-13,18,21H,3,6-11H2,1-2H3,(H,25,26). The fraction of sp³-hybridized carbons (Fsp3) is 0.526. The second-order valence-corrected chi connectivity index (χ2v) is 7.65. The van der Waals surface area contributed by atoms with E-state index < -0.39 is 12.0 Å². The van der Waals surface area contributed by atoms with Crippen molar-refractivity contribution in [1.29, 1.82) is 0 Å². The zero-order valence-corrected chi connectivity index (χ0v) is 16.2. The van der Waals surface area contributed by atoms with Crippen molar-refractivity contribution in [2.24, 2.45) is 0 Å². The minimum absolute atomic E-state index is 0.619. The Hall–Kier alpha value is -1.60. The smallest absolute Gasteiger partial charge is 0.325 e. The lowest BCUT2D eigenvalue weighted by Crippen LogP contribution is -2.49. The first kappa shape index (κ1) is 19.2. The predicted octanol–water partition coefficient (Wildman–Crippen LogP) is 2.52. The highest BCUT2D eigenvalue weighted by Gasteiger charge is 2.32. The Morgan fingerprint density at radius 2 is 2.04 bits per heavy atom. The van der Waals surface area contributed by atoms with E-state index in [2.05, 4.69) is 33.8 Å². The number of carboxylic acids is 1. The molecule has 1 aromatic heterocycles. The number of nitrogens with one attached hydrogen (secondary N) is 1. The van der Waals surface area contributed by atoms with Crippen LogP contribution in [0, 0.1) is 0 Å². The number of rotatable bonds is 7. The number of hydrogen-bond donors (Lipinski definition) is 2. The molecule has 2 heterocycles. The van der Waals surface area contributed by atoms with Gasteiger partial charge in [0.1, 0.15) is 6.04 Å². The van der Waals surface area contributed by atoms with E-state index in [9.17, 15) is 9.90 Å². The number of benzene rings is 1. The molecule has 0 radical (unpaired) electrons. The Kier molecular flexibility index (Phi) is 6.19. The van der Waals surface area contributed by atoms with Gasteiger partial charge in [-0.1, -0.05) is 11.6 Å². The van der Waals surface area contributed by atoms with Crippen LogP contribution in [-0.2, 0) is 4.79 Å². The molecule has 0 aliphatic carbocycles. The zero-order valence-electron chi connectivity index (χ0n) is 15.4. The van der Waals surface area contributed by atoms with Crippen molar-refractivity contribution in [3.63, 3.8) is 0 Å². The summed E-state index contributed by atoms with van der Waals surface area (Å²) in [5.74, 6) is -0.813. The topological polar surface area (TPSA) is 62.8 Å². The third-order valence-electron chi connectivity index (χ3n) is 5.06. The van der Waals surface area contributed by atoms with E-state index in [4.69, 9.17) is 11.6 Å². The van der Waals surface area contributed by atoms with Crippen LogP contribution in [0.2, 0.25) is 5.02 Å². The van der Waals surface area contributed by atoms with E-state index in [1.807, 2.05) is 24.4 Å². The molecule has 2 aromatic rings. The summed E-state index contributed by atoms with van der Waals surface area (Å²) in [7, 11) is 4.17. The Labute approximate surface area is 159 Å². The van der Waals surface area contributed by atoms with Crippen molar-refractivity contribution < 1.29 is 9.90 Å². The number of fused-ring (bicyclic) bond motifs is 1. The molecular weight excluding hydrogens is 352 g/mol. The number of halogens is 1. The van der Waals surface area contributed by atoms with Crippen LogP contribution in [0.3, 0.4) is 0 Å². The Bertz CT molecular complexity index is 753. The number of piperazine rings is 1. The number of aromatic nitrogens is 1. The molecule has 0 saturated carbocycles. The van der Waals surface area contributed by atoms with Crippen LogP contribution in [0.15, 0.2) is 24.4 Å². The number of hydrogen-bond acceptors (Lipinski definition) is 4. The van der Waals surface area contributed by atoms with Gasteiger partial charge in [-0.2, -0.15) is 0 Å². The molecule has 7 heteroatoms. The van der Waals surface area contributed by atoms with Crippen molar-refractivity contribution in [2.45, 2.75) is 12.5 Å². The lowest BCUT2D eigenvalue weighted by molar-refractivity contribution is -0.144. The van der Waals surface area contributed by atoms with E-state index in [1.165, 1.54) is 0 Å². The molecule has 0 bridgehead atoms. The van der Waals surface area contributed by atoms with Crippen LogP contribution >= 0.6 is 11.6 Å².